The van der Waals surface area contributed by atoms with Gasteiger partial charge in [-0.05, 0) is 40.6 Å². The van der Waals surface area contributed by atoms with E-state index in [4.69, 9.17) is 9.47 Å². The van der Waals surface area contributed by atoms with Crippen LogP contribution in [0.5, 0.6) is 5.75 Å². The number of rotatable bonds is 7. The van der Waals surface area contributed by atoms with Crippen LogP contribution in [0.3, 0.4) is 0 Å². The number of ketones is 1. The van der Waals surface area contributed by atoms with Gasteiger partial charge in [0.15, 0.2) is 12.4 Å². The predicted octanol–water partition coefficient (Wildman–Crippen LogP) is 5.19. The van der Waals surface area contributed by atoms with Crippen molar-refractivity contribution in [2.24, 2.45) is 0 Å². The summed E-state index contributed by atoms with van der Waals surface area (Å²) in [4.78, 5) is 24.5. The fraction of sp³-hybridized carbons (Fsp3) is 0.0769. The second-order valence-corrected chi connectivity index (χ2v) is 6.81. The summed E-state index contributed by atoms with van der Waals surface area (Å²) in [5.74, 6) is -0.00857. The molecule has 4 nitrogen and oxygen atoms in total. The minimum atomic E-state index is -0.452. The Kier molecular flexibility index (Phi) is 5.85. The van der Waals surface area contributed by atoms with Crippen LogP contribution in [0, 0.1) is 0 Å². The van der Waals surface area contributed by atoms with Crippen molar-refractivity contribution in [1.82, 2.24) is 0 Å². The van der Waals surface area contributed by atoms with Gasteiger partial charge in [0.2, 0.25) is 0 Å². The first kappa shape index (κ1) is 19.4. The second kappa shape index (κ2) is 9.05. The highest BCUT2D eigenvalue weighted by atomic mass is 16.6. The highest BCUT2D eigenvalue weighted by Crippen LogP contribution is 2.19. The molecule has 0 unspecified atom stereocenters. The molecule has 148 valence electrons. The smallest absolute Gasteiger partial charge is 0.344 e. The standard InChI is InChI=1S/C26H20O4/c27-25(30-17-22-11-6-10-19-7-4-5-12-24(19)22)18-29-23-15-13-21(14-16-23)26(28)20-8-2-1-3-9-20/h1-16H,17-18H2. The number of fused-ring (bicyclic) bond motifs is 1. The summed E-state index contributed by atoms with van der Waals surface area (Å²) in [7, 11) is 0. The number of benzene rings is 4. The van der Waals surface area contributed by atoms with Gasteiger partial charge in [0.1, 0.15) is 12.4 Å². The first-order chi connectivity index (χ1) is 14.7. The Hall–Kier alpha value is -3.92. The van der Waals surface area contributed by atoms with E-state index in [0.29, 0.717) is 16.9 Å². The van der Waals surface area contributed by atoms with E-state index in [1.54, 1.807) is 36.4 Å². The molecule has 4 heteroatoms. The maximum absolute atomic E-state index is 12.4. The molecular weight excluding hydrogens is 376 g/mol. The topological polar surface area (TPSA) is 52.6 Å². The second-order valence-electron chi connectivity index (χ2n) is 6.81. The minimum Gasteiger partial charge on any atom is -0.482 e. The Morgan fingerprint density at radius 1 is 0.667 bits per heavy atom. The van der Waals surface area contributed by atoms with Crippen LogP contribution < -0.4 is 4.74 Å². The van der Waals surface area contributed by atoms with Crippen molar-refractivity contribution in [3.8, 4) is 5.75 Å². The lowest BCUT2D eigenvalue weighted by Gasteiger charge is -2.09. The molecule has 4 aromatic carbocycles. The molecule has 0 amide bonds. The van der Waals surface area contributed by atoms with Crippen LogP contribution in [-0.2, 0) is 16.1 Å². The van der Waals surface area contributed by atoms with E-state index >= 15 is 0 Å². The normalized spacial score (nSPS) is 10.5. The van der Waals surface area contributed by atoms with Crippen LogP contribution >= 0.6 is 0 Å². The first-order valence-electron chi connectivity index (χ1n) is 9.65. The van der Waals surface area contributed by atoms with Crippen molar-refractivity contribution in [2.45, 2.75) is 6.61 Å². The molecule has 0 aliphatic heterocycles. The first-order valence-corrected chi connectivity index (χ1v) is 9.65. The van der Waals surface area contributed by atoms with Gasteiger partial charge in [-0.25, -0.2) is 4.79 Å². The molecule has 0 heterocycles. The maximum Gasteiger partial charge on any atom is 0.344 e. The number of carbonyl (C=O) groups is 2. The third-order valence-corrected chi connectivity index (χ3v) is 4.78. The Labute approximate surface area is 174 Å². The number of ether oxygens (including phenoxy) is 2. The van der Waals surface area contributed by atoms with Crippen LogP contribution in [0.25, 0.3) is 10.8 Å². The zero-order valence-electron chi connectivity index (χ0n) is 16.3. The van der Waals surface area contributed by atoms with Crippen molar-refractivity contribution in [1.29, 1.82) is 0 Å². The summed E-state index contributed by atoms with van der Waals surface area (Å²) in [6.45, 7) is -0.00912. The van der Waals surface area contributed by atoms with Crippen molar-refractivity contribution in [3.05, 3.63) is 114 Å². The quantitative estimate of drug-likeness (QED) is 0.319. The lowest BCUT2D eigenvalue weighted by molar-refractivity contribution is -0.147. The van der Waals surface area contributed by atoms with Crippen LogP contribution in [0.15, 0.2) is 97.1 Å². The summed E-state index contributed by atoms with van der Waals surface area (Å²) >= 11 is 0. The number of hydrogen-bond donors (Lipinski definition) is 0. The third-order valence-electron chi connectivity index (χ3n) is 4.78. The summed E-state index contributed by atoms with van der Waals surface area (Å²) in [6, 6.07) is 29.7. The van der Waals surface area contributed by atoms with Gasteiger partial charge in [-0.1, -0.05) is 72.8 Å². The summed E-state index contributed by atoms with van der Waals surface area (Å²) in [5.41, 5.74) is 2.14. The highest BCUT2D eigenvalue weighted by Gasteiger charge is 2.10. The largest absolute Gasteiger partial charge is 0.482 e. The molecule has 0 atom stereocenters. The molecule has 0 fully saturated rings. The molecule has 0 aliphatic rings. The average Bonchev–Trinajstić information content (AvgIpc) is 2.82. The maximum atomic E-state index is 12.4. The van der Waals surface area contributed by atoms with Gasteiger partial charge in [0.25, 0.3) is 0 Å². The molecule has 0 saturated carbocycles. The van der Waals surface area contributed by atoms with Crippen LogP contribution in [0.2, 0.25) is 0 Å². The van der Waals surface area contributed by atoms with E-state index in [1.807, 2.05) is 60.7 Å². The monoisotopic (exact) mass is 396 g/mol. The molecule has 0 aliphatic carbocycles. The zero-order valence-corrected chi connectivity index (χ0v) is 16.3. The summed E-state index contributed by atoms with van der Waals surface area (Å²) in [5, 5.41) is 2.17. The van der Waals surface area contributed by atoms with Crippen LogP contribution in [-0.4, -0.2) is 18.4 Å². The third kappa shape index (κ3) is 4.55. The van der Waals surface area contributed by atoms with E-state index in [9.17, 15) is 9.59 Å². The van der Waals surface area contributed by atoms with Gasteiger partial charge in [-0.3, -0.25) is 4.79 Å². The van der Waals surface area contributed by atoms with Gasteiger partial charge in [0.05, 0.1) is 0 Å². The van der Waals surface area contributed by atoms with E-state index in [1.165, 1.54) is 0 Å². The SMILES string of the molecule is O=C(COc1ccc(C(=O)c2ccccc2)cc1)OCc1cccc2ccccc12. The fourth-order valence-electron chi connectivity index (χ4n) is 3.22. The molecule has 4 aromatic rings. The predicted molar refractivity (Wildman–Crippen MR) is 116 cm³/mol. The van der Waals surface area contributed by atoms with E-state index in [-0.39, 0.29) is 19.0 Å². The Bertz CT molecular complexity index is 1160. The molecule has 0 N–H and O–H groups in total. The van der Waals surface area contributed by atoms with Gasteiger partial charge in [0, 0.05) is 11.1 Å². The number of carbonyl (C=O) groups excluding carboxylic acids is 2. The molecule has 30 heavy (non-hydrogen) atoms. The van der Waals surface area contributed by atoms with Crippen molar-refractivity contribution in [2.75, 3.05) is 6.61 Å². The fourth-order valence-corrected chi connectivity index (χ4v) is 3.22. The van der Waals surface area contributed by atoms with Crippen LogP contribution in [0.1, 0.15) is 21.5 Å². The molecule has 0 bridgehead atoms. The Balaban J connectivity index is 1.31. The average molecular weight is 396 g/mol. The van der Waals surface area contributed by atoms with Gasteiger partial charge in [-0.15, -0.1) is 0 Å². The Morgan fingerprint density at radius 3 is 2.13 bits per heavy atom. The van der Waals surface area contributed by atoms with Crippen molar-refractivity contribution < 1.29 is 19.1 Å². The molecular formula is C26H20O4. The molecule has 0 saturated heterocycles. The Morgan fingerprint density at radius 2 is 1.33 bits per heavy atom. The van der Waals surface area contributed by atoms with E-state index in [0.717, 1.165) is 16.3 Å². The van der Waals surface area contributed by atoms with Crippen molar-refractivity contribution >= 4 is 22.5 Å². The van der Waals surface area contributed by atoms with Gasteiger partial charge < -0.3 is 9.47 Å². The van der Waals surface area contributed by atoms with Gasteiger partial charge in [-0.2, -0.15) is 0 Å². The molecule has 0 radical (unpaired) electrons. The summed E-state index contributed by atoms with van der Waals surface area (Å²) in [6.07, 6.45) is 0. The molecule has 0 aromatic heterocycles. The molecule has 0 spiro atoms. The highest BCUT2D eigenvalue weighted by molar-refractivity contribution is 6.09. The lowest BCUT2D eigenvalue weighted by atomic mass is 10.0. The molecule has 4 rings (SSSR count). The van der Waals surface area contributed by atoms with E-state index < -0.39 is 5.97 Å². The van der Waals surface area contributed by atoms with Crippen LogP contribution in [0.4, 0.5) is 0 Å². The number of hydrogen-bond acceptors (Lipinski definition) is 4. The zero-order chi connectivity index (χ0) is 20.8. The minimum absolute atomic E-state index is 0.0587. The van der Waals surface area contributed by atoms with Crippen molar-refractivity contribution in [3.63, 3.8) is 0 Å². The lowest BCUT2D eigenvalue weighted by Crippen LogP contribution is -2.15. The summed E-state index contributed by atoms with van der Waals surface area (Å²) < 4.78 is 10.9. The number of esters is 1. The van der Waals surface area contributed by atoms with Gasteiger partial charge >= 0.3 is 5.97 Å². The van der Waals surface area contributed by atoms with E-state index in [2.05, 4.69) is 0 Å².